The number of hydrogen-bond acceptors (Lipinski definition) is 3. The van der Waals surface area contributed by atoms with E-state index in [1.54, 1.807) is 7.05 Å². The number of hydrogen-bond donors (Lipinski definition) is 1. The Hall–Kier alpha value is -1.74. The van der Waals surface area contributed by atoms with Gasteiger partial charge in [-0.25, -0.2) is 8.42 Å². The summed E-state index contributed by atoms with van der Waals surface area (Å²) in [4.78, 5) is -0.662. The van der Waals surface area contributed by atoms with Crippen molar-refractivity contribution in [2.45, 2.75) is 11.1 Å². The summed E-state index contributed by atoms with van der Waals surface area (Å²) < 4.78 is 65.5. The van der Waals surface area contributed by atoms with Crippen LogP contribution in [0.2, 0.25) is 5.02 Å². The standard InChI is InChI=1S/C11H9ClF3N3O2S/c1-18-5-4-10(16-18)17-21(19,20)9-6-7(11(13,14)15)2-3-8(9)12/h2-6H,1H3,(H,16,17). The van der Waals surface area contributed by atoms with E-state index < -0.39 is 26.7 Å². The maximum Gasteiger partial charge on any atom is 0.416 e. The third-order valence-corrected chi connectivity index (χ3v) is 4.34. The number of alkyl halides is 3. The number of sulfonamides is 1. The lowest BCUT2D eigenvalue weighted by molar-refractivity contribution is -0.137. The van der Waals surface area contributed by atoms with Crippen LogP contribution < -0.4 is 4.72 Å². The molecule has 0 aliphatic heterocycles. The van der Waals surface area contributed by atoms with Crippen LogP contribution in [-0.4, -0.2) is 18.2 Å². The van der Waals surface area contributed by atoms with E-state index >= 15 is 0 Å². The van der Waals surface area contributed by atoms with Crippen LogP contribution in [0.3, 0.4) is 0 Å². The van der Waals surface area contributed by atoms with Gasteiger partial charge in [-0.05, 0) is 18.2 Å². The first-order valence-electron chi connectivity index (χ1n) is 5.49. The lowest BCUT2D eigenvalue weighted by atomic mass is 10.2. The molecule has 0 saturated heterocycles. The van der Waals surface area contributed by atoms with Crippen molar-refractivity contribution in [1.82, 2.24) is 9.78 Å². The van der Waals surface area contributed by atoms with Crippen LogP contribution >= 0.6 is 11.6 Å². The molecular formula is C11H9ClF3N3O2S. The van der Waals surface area contributed by atoms with Gasteiger partial charge in [-0.3, -0.25) is 9.40 Å². The van der Waals surface area contributed by atoms with Crippen LogP contribution in [0.5, 0.6) is 0 Å². The zero-order valence-electron chi connectivity index (χ0n) is 10.5. The zero-order valence-corrected chi connectivity index (χ0v) is 12.1. The minimum atomic E-state index is -4.67. The third kappa shape index (κ3) is 3.48. The van der Waals surface area contributed by atoms with Crippen LogP contribution in [0.4, 0.5) is 19.0 Å². The topological polar surface area (TPSA) is 64.0 Å². The summed E-state index contributed by atoms with van der Waals surface area (Å²) in [6.07, 6.45) is -3.19. The molecule has 0 aliphatic rings. The maximum atomic E-state index is 12.6. The van der Waals surface area contributed by atoms with E-state index in [2.05, 4.69) is 9.82 Å². The molecule has 0 atom stereocenters. The number of benzene rings is 1. The molecule has 0 saturated carbocycles. The van der Waals surface area contributed by atoms with Gasteiger partial charge in [0.25, 0.3) is 10.0 Å². The Bertz CT molecular complexity index is 771. The van der Waals surface area contributed by atoms with Crippen LogP contribution in [0.25, 0.3) is 0 Å². The average Bonchev–Trinajstić information content (AvgIpc) is 2.72. The number of aromatic nitrogens is 2. The minimum Gasteiger partial charge on any atom is -0.274 e. The van der Waals surface area contributed by atoms with Crippen molar-refractivity contribution in [1.29, 1.82) is 0 Å². The second-order valence-corrected chi connectivity index (χ2v) is 6.18. The molecule has 1 aromatic heterocycles. The largest absolute Gasteiger partial charge is 0.416 e. The van der Waals surface area contributed by atoms with Gasteiger partial charge in [0.15, 0.2) is 5.82 Å². The molecule has 0 aliphatic carbocycles. The van der Waals surface area contributed by atoms with Crippen LogP contribution in [0.1, 0.15) is 5.56 Å². The van der Waals surface area contributed by atoms with Crippen molar-refractivity contribution in [3.05, 3.63) is 41.0 Å². The van der Waals surface area contributed by atoms with Crippen molar-refractivity contribution in [3.63, 3.8) is 0 Å². The third-order valence-electron chi connectivity index (χ3n) is 2.50. The molecule has 1 aromatic carbocycles. The second kappa shape index (κ2) is 5.23. The van der Waals surface area contributed by atoms with Crippen molar-refractivity contribution in [2.24, 2.45) is 7.05 Å². The normalized spacial score (nSPS) is 12.4. The van der Waals surface area contributed by atoms with Crippen molar-refractivity contribution >= 4 is 27.4 Å². The van der Waals surface area contributed by atoms with E-state index in [4.69, 9.17) is 11.6 Å². The van der Waals surface area contributed by atoms with Crippen molar-refractivity contribution in [3.8, 4) is 0 Å². The van der Waals surface area contributed by atoms with Gasteiger partial charge in [0.1, 0.15) is 4.90 Å². The molecule has 0 unspecified atom stereocenters. The summed E-state index contributed by atoms with van der Waals surface area (Å²) in [5, 5.41) is 3.47. The molecule has 2 aromatic rings. The summed E-state index contributed by atoms with van der Waals surface area (Å²) in [7, 11) is -2.71. The summed E-state index contributed by atoms with van der Waals surface area (Å²) in [5.41, 5.74) is -1.10. The molecule has 5 nitrogen and oxygen atoms in total. The molecule has 0 fully saturated rings. The Balaban J connectivity index is 2.44. The summed E-state index contributed by atoms with van der Waals surface area (Å²) in [6, 6.07) is 3.44. The summed E-state index contributed by atoms with van der Waals surface area (Å²) in [6.45, 7) is 0. The van der Waals surface area contributed by atoms with Gasteiger partial charge in [0.05, 0.1) is 10.6 Å². The van der Waals surface area contributed by atoms with E-state index in [1.165, 1.54) is 16.9 Å². The molecule has 21 heavy (non-hydrogen) atoms. The number of nitrogens with one attached hydrogen (secondary N) is 1. The first-order valence-corrected chi connectivity index (χ1v) is 7.35. The molecule has 0 bridgehead atoms. The van der Waals surface area contributed by atoms with Gasteiger partial charge < -0.3 is 0 Å². The Morgan fingerprint density at radius 2 is 1.95 bits per heavy atom. The lowest BCUT2D eigenvalue weighted by Gasteiger charge is -2.11. The maximum absolute atomic E-state index is 12.6. The predicted molar refractivity (Wildman–Crippen MR) is 70.5 cm³/mol. The van der Waals surface area contributed by atoms with E-state index in [0.29, 0.717) is 12.1 Å². The highest BCUT2D eigenvalue weighted by molar-refractivity contribution is 7.92. The molecule has 2 rings (SSSR count). The predicted octanol–water partition coefficient (Wildman–Crippen LogP) is 2.89. The summed E-state index contributed by atoms with van der Waals surface area (Å²) in [5.74, 6) is -0.0222. The number of rotatable bonds is 3. The number of aryl methyl sites for hydroxylation is 1. The van der Waals surface area contributed by atoms with Crippen molar-refractivity contribution in [2.75, 3.05) is 4.72 Å². The Kier molecular flexibility index (Phi) is 3.89. The summed E-state index contributed by atoms with van der Waals surface area (Å²) >= 11 is 5.69. The zero-order chi connectivity index (χ0) is 15.8. The fourth-order valence-electron chi connectivity index (χ4n) is 1.55. The Morgan fingerprint density at radius 3 is 2.48 bits per heavy atom. The Labute approximate surface area is 123 Å². The smallest absolute Gasteiger partial charge is 0.274 e. The van der Waals surface area contributed by atoms with E-state index in [-0.39, 0.29) is 10.8 Å². The number of nitrogens with zero attached hydrogens (tertiary/aromatic N) is 2. The highest BCUT2D eigenvalue weighted by atomic mass is 35.5. The van der Waals surface area contributed by atoms with E-state index in [0.717, 1.165) is 6.07 Å². The van der Waals surface area contributed by atoms with Crippen LogP contribution in [0.15, 0.2) is 35.4 Å². The number of halogens is 4. The van der Waals surface area contributed by atoms with Crippen LogP contribution in [-0.2, 0) is 23.2 Å². The average molecular weight is 340 g/mol. The molecule has 1 heterocycles. The van der Waals surface area contributed by atoms with Gasteiger partial charge >= 0.3 is 6.18 Å². The van der Waals surface area contributed by atoms with Crippen LogP contribution in [0, 0.1) is 0 Å². The molecule has 114 valence electrons. The van der Waals surface area contributed by atoms with E-state index in [9.17, 15) is 21.6 Å². The van der Waals surface area contributed by atoms with Gasteiger partial charge in [-0.1, -0.05) is 11.6 Å². The SMILES string of the molecule is Cn1ccc(NS(=O)(=O)c2cc(C(F)(F)F)ccc2Cl)n1. The molecule has 0 spiro atoms. The molecule has 0 radical (unpaired) electrons. The quantitative estimate of drug-likeness (QED) is 0.935. The van der Waals surface area contributed by atoms with Crippen molar-refractivity contribution < 1.29 is 21.6 Å². The van der Waals surface area contributed by atoms with Gasteiger partial charge in [0, 0.05) is 19.3 Å². The van der Waals surface area contributed by atoms with E-state index in [1.807, 2.05) is 0 Å². The highest BCUT2D eigenvalue weighted by Gasteiger charge is 2.32. The molecule has 10 heteroatoms. The lowest BCUT2D eigenvalue weighted by Crippen LogP contribution is -2.15. The van der Waals surface area contributed by atoms with Gasteiger partial charge in [0.2, 0.25) is 0 Å². The number of anilines is 1. The molecular weight excluding hydrogens is 331 g/mol. The second-order valence-electron chi connectivity index (χ2n) is 4.12. The first-order chi connectivity index (χ1) is 9.59. The highest BCUT2D eigenvalue weighted by Crippen LogP contribution is 2.33. The fraction of sp³-hybridized carbons (Fsp3) is 0.182. The molecule has 1 N–H and O–H groups in total. The molecule has 0 amide bonds. The van der Waals surface area contributed by atoms with Gasteiger partial charge in [-0.2, -0.15) is 18.3 Å². The Morgan fingerprint density at radius 1 is 1.29 bits per heavy atom. The first kappa shape index (κ1) is 15.6. The van der Waals surface area contributed by atoms with Gasteiger partial charge in [-0.15, -0.1) is 0 Å². The fourth-order valence-corrected chi connectivity index (χ4v) is 3.07. The minimum absolute atomic E-state index is 0.0222. The monoisotopic (exact) mass is 339 g/mol.